The molecule has 0 aliphatic rings. The van der Waals surface area contributed by atoms with Crippen molar-refractivity contribution in [1.82, 2.24) is 9.97 Å². The van der Waals surface area contributed by atoms with Crippen LogP contribution in [0.15, 0.2) is 29.2 Å². The lowest BCUT2D eigenvalue weighted by molar-refractivity contribution is 0.598. The highest BCUT2D eigenvalue weighted by molar-refractivity contribution is 7.98. The Morgan fingerprint density at radius 1 is 1.17 bits per heavy atom. The number of hydrogen-bond donors (Lipinski definition) is 0. The number of halogens is 3. The molecule has 2 rings (SSSR count). The molecule has 0 atom stereocenters. The molecule has 1 heterocycles. The highest BCUT2D eigenvalue weighted by atomic mass is 35.5. The summed E-state index contributed by atoms with van der Waals surface area (Å²) in [6.07, 6.45) is 0. The van der Waals surface area contributed by atoms with Gasteiger partial charge < -0.3 is 0 Å². The van der Waals surface area contributed by atoms with Crippen molar-refractivity contribution in [2.24, 2.45) is 0 Å². The number of nitrogens with zero attached hydrogens (tertiary/aromatic N) is 2. The van der Waals surface area contributed by atoms with Gasteiger partial charge in [0.2, 0.25) is 0 Å². The van der Waals surface area contributed by atoms with Gasteiger partial charge in [0.25, 0.3) is 0 Å². The van der Waals surface area contributed by atoms with E-state index in [1.165, 1.54) is 0 Å². The van der Waals surface area contributed by atoms with Gasteiger partial charge in [-0.3, -0.25) is 0 Å². The second kappa shape index (κ2) is 5.87. The molecule has 0 spiro atoms. The normalized spacial score (nSPS) is 10.7. The summed E-state index contributed by atoms with van der Waals surface area (Å²) in [5.41, 5.74) is 0.265. The fraction of sp³-hybridized carbons (Fsp3) is 0.167. The van der Waals surface area contributed by atoms with Crippen LogP contribution in [0.25, 0.3) is 0 Å². The fourth-order valence-electron chi connectivity index (χ4n) is 1.32. The van der Waals surface area contributed by atoms with Crippen LogP contribution in [0.3, 0.4) is 0 Å². The smallest absolute Gasteiger partial charge is 0.181 e. The Balaban J connectivity index is 2.08. The van der Waals surface area contributed by atoms with E-state index in [4.69, 9.17) is 23.2 Å². The van der Waals surface area contributed by atoms with Gasteiger partial charge >= 0.3 is 0 Å². The first-order chi connectivity index (χ1) is 8.56. The van der Waals surface area contributed by atoms with E-state index >= 15 is 0 Å². The van der Waals surface area contributed by atoms with E-state index in [0.29, 0.717) is 16.6 Å². The van der Waals surface area contributed by atoms with E-state index in [1.54, 1.807) is 18.7 Å². The van der Waals surface area contributed by atoms with Gasteiger partial charge in [0.05, 0.1) is 11.4 Å². The SMILES string of the molecule is Cc1nc(CSc2ccc(Cl)cc2)nc(Cl)c1F. The summed E-state index contributed by atoms with van der Waals surface area (Å²) in [5.74, 6) is 0.485. The molecule has 6 heteroatoms. The summed E-state index contributed by atoms with van der Waals surface area (Å²) in [6, 6.07) is 7.44. The number of aromatic nitrogens is 2. The van der Waals surface area contributed by atoms with Crippen LogP contribution in [0.4, 0.5) is 4.39 Å². The van der Waals surface area contributed by atoms with Crippen LogP contribution in [0.1, 0.15) is 11.5 Å². The summed E-state index contributed by atoms with van der Waals surface area (Å²) in [4.78, 5) is 8.99. The summed E-state index contributed by atoms with van der Waals surface area (Å²) >= 11 is 13.0. The van der Waals surface area contributed by atoms with Gasteiger partial charge in [0, 0.05) is 9.92 Å². The molecule has 0 saturated heterocycles. The number of rotatable bonds is 3. The number of hydrogen-bond acceptors (Lipinski definition) is 3. The lowest BCUT2D eigenvalue weighted by Gasteiger charge is -2.04. The zero-order valence-corrected chi connectivity index (χ0v) is 11.8. The molecule has 94 valence electrons. The van der Waals surface area contributed by atoms with Gasteiger partial charge in [-0.05, 0) is 31.2 Å². The van der Waals surface area contributed by atoms with E-state index in [2.05, 4.69) is 9.97 Å². The van der Waals surface area contributed by atoms with Crippen LogP contribution >= 0.6 is 35.0 Å². The van der Waals surface area contributed by atoms with Crippen molar-refractivity contribution < 1.29 is 4.39 Å². The molecule has 1 aromatic heterocycles. The molecule has 2 nitrogen and oxygen atoms in total. The topological polar surface area (TPSA) is 25.8 Å². The Morgan fingerprint density at radius 3 is 2.44 bits per heavy atom. The van der Waals surface area contributed by atoms with Gasteiger partial charge in [-0.2, -0.15) is 0 Å². The zero-order chi connectivity index (χ0) is 13.1. The van der Waals surface area contributed by atoms with E-state index in [1.807, 2.05) is 24.3 Å². The largest absolute Gasteiger partial charge is 0.234 e. The van der Waals surface area contributed by atoms with E-state index in [0.717, 1.165) is 4.90 Å². The fourth-order valence-corrected chi connectivity index (χ4v) is 2.44. The minimum Gasteiger partial charge on any atom is -0.234 e. The van der Waals surface area contributed by atoms with Gasteiger partial charge in [-0.1, -0.05) is 23.2 Å². The molecule has 1 aromatic carbocycles. The average Bonchev–Trinajstić information content (AvgIpc) is 2.35. The second-order valence-electron chi connectivity index (χ2n) is 3.57. The molecular weight excluding hydrogens is 294 g/mol. The molecule has 0 N–H and O–H groups in total. The Bertz CT molecular complexity index is 537. The molecule has 0 radical (unpaired) electrons. The lowest BCUT2D eigenvalue weighted by atomic mass is 10.4. The van der Waals surface area contributed by atoms with Crippen LogP contribution in [0.2, 0.25) is 10.2 Å². The molecular formula is C12H9Cl2FN2S. The third kappa shape index (κ3) is 3.34. The van der Waals surface area contributed by atoms with Gasteiger partial charge in [-0.15, -0.1) is 11.8 Å². The van der Waals surface area contributed by atoms with Crippen molar-refractivity contribution >= 4 is 35.0 Å². The Morgan fingerprint density at radius 2 is 1.83 bits per heavy atom. The summed E-state index contributed by atoms with van der Waals surface area (Å²) in [5, 5.41) is 0.561. The highest BCUT2D eigenvalue weighted by Gasteiger charge is 2.09. The maximum atomic E-state index is 13.2. The third-order valence-electron chi connectivity index (χ3n) is 2.20. The van der Waals surface area contributed by atoms with E-state index < -0.39 is 5.82 Å². The molecule has 0 saturated carbocycles. The third-order valence-corrected chi connectivity index (χ3v) is 3.71. The minimum atomic E-state index is -0.558. The standard InChI is InChI=1S/C12H9Cl2FN2S/c1-7-11(15)12(14)17-10(16-7)6-18-9-4-2-8(13)3-5-9/h2-5H,6H2,1H3. The first-order valence-corrected chi connectivity index (χ1v) is 6.87. The van der Waals surface area contributed by atoms with Gasteiger partial charge in [-0.25, -0.2) is 14.4 Å². The van der Waals surface area contributed by atoms with Gasteiger partial charge in [0.1, 0.15) is 5.82 Å². The Labute approximate surface area is 119 Å². The van der Waals surface area contributed by atoms with Gasteiger partial charge in [0.15, 0.2) is 11.0 Å². The van der Waals surface area contributed by atoms with Crippen molar-refractivity contribution in [2.75, 3.05) is 0 Å². The Kier molecular flexibility index (Phi) is 4.43. The summed E-state index contributed by atoms with van der Waals surface area (Å²) in [7, 11) is 0. The maximum absolute atomic E-state index is 13.2. The minimum absolute atomic E-state index is 0.130. The predicted octanol–water partition coefficient (Wildman–Crippen LogP) is 4.52. The maximum Gasteiger partial charge on any atom is 0.181 e. The highest BCUT2D eigenvalue weighted by Crippen LogP contribution is 2.24. The van der Waals surface area contributed by atoms with E-state index in [-0.39, 0.29) is 10.8 Å². The summed E-state index contributed by atoms with van der Waals surface area (Å²) in [6.45, 7) is 1.57. The second-order valence-corrected chi connectivity index (χ2v) is 5.42. The molecule has 0 fully saturated rings. The molecule has 2 aromatic rings. The predicted molar refractivity (Wildman–Crippen MR) is 72.8 cm³/mol. The van der Waals surface area contributed by atoms with Crippen molar-refractivity contribution in [2.45, 2.75) is 17.6 Å². The zero-order valence-electron chi connectivity index (χ0n) is 9.45. The van der Waals surface area contributed by atoms with Crippen LogP contribution in [-0.2, 0) is 5.75 Å². The van der Waals surface area contributed by atoms with Crippen LogP contribution in [0, 0.1) is 12.7 Å². The number of benzene rings is 1. The first kappa shape index (κ1) is 13.6. The number of thioether (sulfide) groups is 1. The number of aryl methyl sites for hydroxylation is 1. The molecule has 0 bridgehead atoms. The van der Waals surface area contributed by atoms with Crippen molar-refractivity contribution in [3.8, 4) is 0 Å². The van der Waals surface area contributed by atoms with E-state index in [9.17, 15) is 4.39 Å². The Hall–Kier alpha value is -0.840. The monoisotopic (exact) mass is 302 g/mol. The molecule has 0 aliphatic heterocycles. The quantitative estimate of drug-likeness (QED) is 0.615. The van der Waals surface area contributed by atoms with Crippen LogP contribution in [-0.4, -0.2) is 9.97 Å². The van der Waals surface area contributed by atoms with Crippen molar-refractivity contribution in [3.63, 3.8) is 0 Å². The molecule has 0 amide bonds. The molecule has 0 unspecified atom stereocenters. The first-order valence-electron chi connectivity index (χ1n) is 5.13. The average molecular weight is 303 g/mol. The van der Waals surface area contributed by atoms with Crippen LogP contribution < -0.4 is 0 Å². The van der Waals surface area contributed by atoms with Crippen molar-refractivity contribution in [1.29, 1.82) is 0 Å². The van der Waals surface area contributed by atoms with Crippen LogP contribution in [0.5, 0.6) is 0 Å². The van der Waals surface area contributed by atoms with Crippen molar-refractivity contribution in [3.05, 3.63) is 51.8 Å². The molecule has 18 heavy (non-hydrogen) atoms. The lowest BCUT2D eigenvalue weighted by Crippen LogP contribution is -1.99. The molecule has 0 aliphatic carbocycles. The summed E-state index contributed by atoms with van der Waals surface area (Å²) < 4.78 is 13.2.